The standard InChI is InChI=1S/C23H19N5O10/c1-35-19-10-13(11-20(36-2)21(19)37-3)22(29)25-24-14-4-6-15(7-5-14)26-38-23(30)17-9-8-16(27(31)32)12-18(17)28(33)34/h4-12,26H,1-3H3. The number of carbonyl (C=O) groups excluding carboxylic acids is 2. The van der Waals surface area contributed by atoms with Gasteiger partial charge in [0.05, 0.1) is 54.2 Å². The average Bonchev–Trinajstić information content (AvgIpc) is 2.93. The highest BCUT2D eigenvalue weighted by Crippen LogP contribution is 2.38. The molecule has 0 saturated heterocycles. The van der Waals surface area contributed by atoms with Crippen molar-refractivity contribution in [2.24, 2.45) is 10.2 Å². The van der Waals surface area contributed by atoms with Crippen molar-refractivity contribution in [3.05, 3.63) is 86.0 Å². The number of non-ortho nitro benzene ring substituents is 1. The van der Waals surface area contributed by atoms with Crippen molar-refractivity contribution in [2.45, 2.75) is 0 Å². The fourth-order valence-electron chi connectivity index (χ4n) is 3.08. The smallest absolute Gasteiger partial charge is 0.369 e. The first-order chi connectivity index (χ1) is 18.2. The molecule has 1 amide bonds. The normalized spacial score (nSPS) is 10.5. The number of ether oxygens (including phenoxy) is 3. The number of hydrogen-bond acceptors (Lipinski definition) is 12. The molecule has 1 N–H and O–H groups in total. The fraction of sp³-hybridized carbons (Fsp3) is 0.130. The maximum absolute atomic E-state index is 12.5. The van der Waals surface area contributed by atoms with E-state index in [1.54, 1.807) is 0 Å². The molecule has 0 saturated carbocycles. The SMILES string of the molecule is COc1cc(C(=O)N=Nc2ccc(NOC(=O)c3ccc([N+](=O)[O-])cc3[N+](=O)[O-])cc2)cc(OC)c1OC. The van der Waals surface area contributed by atoms with Gasteiger partial charge >= 0.3 is 5.97 Å². The summed E-state index contributed by atoms with van der Waals surface area (Å²) < 4.78 is 15.6. The number of nitrogens with zero attached hydrogens (tertiary/aromatic N) is 4. The Morgan fingerprint density at radius 3 is 2.00 bits per heavy atom. The maximum Gasteiger partial charge on any atom is 0.369 e. The van der Waals surface area contributed by atoms with E-state index in [1.165, 1.54) is 57.7 Å². The van der Waals surface area contributed by atoms with Crippen molar-refractivity contribution in [3.63, 3.8) is 0 Å². The topological polar surface area (TPSA) is 194 Å². The van der Waals surface area contributed by atoms with Crippen molar-refractivity contribution < 1.29 is 38.5 Å². The molecule has 15 heteroatoms. The van der Waals surface area contributed by atoms with Gasteiger partial charge in [0.1, 0.15) is 5.56 Å². The lowest BCUT2D eigenvalue weighted by Gasteiger charge is -2.12. The Labute approximate surface area is 213 Å². The van der Waals surface area contributed by atoms with E-state index in [2.05, 4.69) is 15.7 Å². The lowest BCUT2D eigenvalue weighted by molar-refractivity contribution is -0.394. The average molecular weight is 525 g/mol. The highest BCUT2D eigenvalue weighted by Gasteiger charge is 2.25. The van der Waals surface area contributed by atoms with Crippen molar-refractivity contribution in [1.82, 2.24) is 0 Å². The van der Waals surface area contributed by atoms with E-state index in [1.807, 2.05) is 0 Å². The van der Waals surface area contributed by atoms with Crippen molar-refractivity contribution in [1.29, 1.82) is 0 Å². The molecule has 0 unspecified atom stereocenters. The number of azo groups is 1. The number of rotatable bonds is 10. The lowest BCUT2D eigenvalue weighted by Crippen LogP contribution is -2.12. The Kier molecular flexibility index (Phi) is 8.45. The summed E-state index contributed by atoms with van der Waals surface area (Å²) >= 11 is 0. The number of methoxy groups -OCH3 is 3. The van der Waals surface area contributed by atoms with Gasteiger partial charge in [0, 0.05) is 6.07 Å². The Morgan fingerprint density at radius 2 is 1.47 bits per heavy atom. The van der Waals surface area contributed by atoms with Crippen LogP contribution < -0.4 is 19.7 Å². The van der Waals surface area contributed by atoms with Crippen LogP contribution in [0, 0.1) is 20.2 Å². The second-order valence-electron chi connectivity index (χ2n) is 7.17. The minimum atomic E-state index is -1.13. The number of anilines is 1. The molecule has 38 heavy (non-hydrogen) atoms. The number of nitrogens with one attached hydrogen (secondary N) is 1. The molecule has 0 heterocycles. The van der Waals surface area contributed by atoms with Gasteiger partial charge in [-0.25, -0.2) is 10.3 Å². The summed E-state index contributed by atoms with van der Waals surface area (Å²) in [7, 11) is 4.25. The van der Waals surface area contributed by atoms with Crippen molar-refractivity contribution in [2.75, 3.05) is 26.8 Å². The molecule has 0 bridgehead atoms. The zero-order chi connectivity index (χ0) is 27.8. The number of hydrogen-bond donors (Lipinski definition) is 1. The van der Waals surface area contributed by atoms with Gasteiger partial charge < -0.3 is 19.0 Å². The summed E-state index contributed by atoms with van der Waals surface area (Å²) in [5.41, 5.74) is 1.20. The van der Waals surface area contributed by atoms with Gasteiger partial charge in [-0.3, -0.25) is 25.0 Å². The maximum atomic E-state index is 12.5. The summed E-state index contributed by atoms with van der Waals surface area (Å²) in [5, 5.41) is 29.6. The molecule has 196 valence electrons. The zero-order valence-electron chi connectivity index (χ0n) is 20.1. The Hall–Kier alpha value is -5.60. The van der Waals surface area contributed by atoms with Crippen LogP contribution in [-0.4, -0.2) is 43.1 Å². The molecule has 0 radical (unpaired) electrons. The third-order valence-corrected chi connectivity index (χ3v) is 4.91. The summed E-state index contributed by atoms with van der Waals surface area (Å²) in [6.45, 7) is 0. The van der Waals surface area contributed by atoms with Gasteiger partial charge in [-0.2, -0.15) is 0 Å². The quantitative estimate of drug-likeness (QED) is 0.220. The lowest BCUT2D eigenvalue weighted by atomic mass is 10.1. The van der Waals surface area contributed by atoms with Crippen LogP contribution in [0.4, 0.5) is 22.7 Å². The minimum Gasteiger partial charge on any atom is -0.493 e. The van der Waals surface area contributed by atoms with Crippen LogP contribution in [0.3, 0.4) is 0 Å². The van der Waals surface area contributed by atoms with Gasteiger partial charge in [-0.15, -0.1) is 10.2 Å². The zero-order valence-corrected chi connectivity index (χ0v) is 20.1. The van der Waals surface area contributed by atoms with E-state index in [-0.39, 0.29) is 28.4 Å². The Morgan fingerprint density at radius 1 is 0.842 bits per heavy atom. The van der Waals surface area contributed by atoms with E-state index in [4.69, 9.17) is 19.0 Å². The van der Waals surface area contributed by atoms with E-state index in [9.17, 15) is 29.8 Å². The molecule has 3 rings (SSSR count). The van der Waals surface area contributed by atoms with E-state index < -0.39 is 38.7 Å². The van der Waals surface area contributed by atoms with Crippen LogP contribution in [0.2, 0.25) is 0 Å². The molecule has 0 fully saturated rings. The van der Waals surface area contributed by atoms with Gasteiger partial charge in [0.2, 0.25) is 5.75 Å². The van der Waals surface area contributed by atoms with Gasteiger partial charge in [0.15, 0.2) is 11.5 Å². The predicted octanol–water partition coefficient (Wildman–Crippen LogP) is 4.64. The summed E-state index contributed by atoms with van der Waals surface area (Å²) in [6, 6.07) is 11.2. The Balaban J connectivity index is 1.67. The molecule has 0 aliphatic rings. The largest absolute Gasteiger partial charge is 0.493 e. The molecule has 0 aliphatic heterocycles. The molecule has 0 aliphatic carbocycles. The number of nitro benzene ring substituents is 2. The van der Waals surface area contributed by atoms with Gasteiger partial charge in [0.25, 0.3) is 17.3 Å². The highest BCUT2D eigenvalue weighted by atomic mass is 16.7. The first-order valence-corrected chi connectivity index (χ1v) is 10.4. The summed E-state index contributed by atoms with van der Waals surface area (Å²) in [4.78, 5) is 49.9. The molecular weight excluding hydrogens is 506 g/mol. The molecule has 15 nitrogen and oxygen atoms in total. The highest BCUT2D eigenvalue weighted by molar-refractivity contribution is 5.96. The molecule has 0 atom stereocenters. The summed E-state index contributed by atoms with van der Waals surface area (Å²) in [6.07, 6.45) is 0. The van der Waals surface area contributed by atoms with Gasteiger partial charge in [-0.1, -0.05) is 0 Å². The fourth-order valence-corrected chi connectivity index (χ4v) is 3.08. The van der Waals surface area contributed by atoms with Crippen molar-refractivity contribution in [3.8, 4) is 17.2 Å². The predicted molar refractivity (Wildman–Crippen MR) is 130 cm³/mol. The second-order valence-corrected chi connectivity index (χ2v) is 7.17. The Bertz CT molecular complexity index is 1400. The minimum absolute atomic E-state index is 0.147. The van der Waals surface area contributed by atoms with Gasteiger partial charge in [-0.05, 0) is 42.5 Å². The van der Waals surface area contributed by atoms with Crippen LogP contribution in [0.25, 0.3) is 0 Å². The van der Waals surface area contributed by atoms with E-state index >= 15 is 0 Å². The van der Waals surface area contributed by atoms with E-state index in [0.717, 1.165) is 12.1 Å². The van der Waals surface area contributed by atoms with Crippen LogP contribution in [0.15, 0.2) is 64.8 Å². The van der Waals surface area contributed by atoms with E-state index in [0.29, 0.717) is 11.8 Å². The van der Waals surface area contributed by atoms with Crippen molar-refractivity contribution >= 4 is 34.6 Å². The molecule has 0 aromatic heterocycles. The molecule has 3 aromatic rings. The first-order valence-electron chi connectivity index (χ1n) is 10.4. The first kappa shape index (κ1) is 27.0. The molecule has 0 spiro atoms. The van der Waals surface area contributed by atoms with Crippen LogP contribution in [0.5, 0.6) is 17.2 Å². The number of nitro groups is 2. The third-order valence-electron chi connectivity index (χ3n) is 4.91. The van der Waals surface area contributed by atoms with Crippen LogP contribution >= 0.6 is 0 Å². The number of benzene rings is 3. The third kappa shape index (κ3) is 6.14. The number of amides is 1. The van der Waals surface area contributed by atoms with Crippen LogP contribution in [0.1, 0.15) is 20.7 Å². The number of carbonyl (C=O) groups is 2. The molecule has 3 aromatic carbocycles. The molecular formula is C23H19N5O10. The summed E-state index contributed by atoms with van der Waals surface area (Å²) in [5.74, 6) is -0.948. The monoisotopic (exact) mass is 525 g/mol. The second kappa shape index (κ2) is 11.9. The van der Waals surface area contributed by atoms with Crippen LogP contribution in [-0.2, 0) is 4.84 Å².